The van der Waals surface area contributed by atoms with Crippen molar-refractivity contribution >= 4 is 34.8 Å². The first kappa shape index (κ1) is 18.4. The Morgan fingerprint density at radius 3 is 2.88 bits per heavy atom. The van der Waals surface area contributed by atoms with E-state index in [0.29, 0.717) is 18.4 Å². The number of nitrogens with one attached hydrogen (secondary N) is 2. The maximum Gasteiger partial charge on any atom is 0.227 e. The summed E-state index contributed by atoms with van der Waals surface area (Å²) in [7, 11) is 0. The minimum atomic E-state index is 0. The van der Waals surface area contributed by atoms with E-state index >= 15 is 0 Å². The lowest BCUT2D eigenvalue weighted by Crippen LogP contribution is -2.27. The Kier molecular flexibility index (Phi) is 6.10. The molecule has 1 amide bonds. The molecule has 0 spiro atoms. The van der Waals surface area contributed by atoms with Crippen LogP contribution in [0.2, 0.25) is 0 Å². The van der Waals surface area contributed by atoms with Gasteiger partial charge in [-0.15, -0.1) is 23.7 Å². The van der Waals surface area contributed by atoms with Gasteiger partial charge in [0.1, 0.15) is 0 Å². The Bertz CT molecular complexity index is 713. The van der Waals surface area contributed by atoms with Crippen LogP contribution in [-0.2, 0) is 17.6 Å². The van der Waals surface area contributed by atoms with Crippen LogP contribution in [0.3, 0.4) is 0 Å². The minimum absolute atomic E-state index is 0. The molecule has 1 aromatic carbocycles. The first-order chi connectivity index (χ1) is 11.8. The van der Waals surface area contributed by atoms with Gasteiger partial charge in [-0.1, -0.05) is 30.3 Å². The molecule has 1 saturated heterocycles. The van der Waals surface area contributed by atoms with Crippen molar-refractivity contribution in [2.75, 3.05) is 11.9 Å². The molecular weight excluding hydrogens is 354 g/mol. The lowest BCUT2D eigenvalue weighted by atomic mass is 9.85. The monoisotopic (exact) mass is 377 g/mol. The number of benzene rings is 1. The summed E-state index contributed by atoms with van der Waals surface area (Å²) in [5.41, 5.74) is 2.59. The van der Waals surface area contributed by atoms with Gasteiger partial charge in [-0.25, -0.2) is 4.98 Å². The zero-order valence-electron chi connectivity index (χ0n) is 14.2. The van der Waals surface area contributed by atoms with Gasteiger partial charge in [0.25, 0.3) is 0 Å². The van der Waals surface area contributed by atoms with Crippen molar-refractivity contribution in [2.45, 2.75) is 50.5 Å². The third-order valence-electron chi connectivity index (χ3n) is 5.05. The number of anilines is 1. The fourth-order valence-corrected chi connectivity index (χ4v) is 4.87. The Hall–Kier alpha value is -1.43. The molecule has 2 aliphatic rings. The highest BCUT2D eigenvalue weighted by atomic mass is 35.5. The number of halogens is 1. The van der Waals surface area contributed by atoms with E-state index in [2.05, 4.69) is 45.9 Å². The second-order valence-electron chi connectivity index (χ2n) is 6.78. The fourth-order valence-electron chi connectivity index (χ4n) is 3.76. The molecule has 4 nitrogen and oxygen atoms in total. The predicted molar refractivity (Wildman–Crippen MR) is 105 cm³/mol. The van der Waals surface area contributed by atoms with Crippen LogP contribution in [0.15, 0.2) is 30.3 Å². The smallest absolute Gasteiger partial charge is 0.227 e. The largest absolute Gasteiger partial charge is 0.313 e. The molecule has 0 radical (unpaired) electrons. The SMILES string of the molecule is Cl.O=C(CC1CCCN1)Nc1nc2c(s1)CC(c1ccccc1)CC2. The van der Waals surface area contributed by atoms with Crippen molar-refractivity contribution in [3.05, 3.63) is 46.5 Å². The van der Waals surface area contributed by atoms with E-state index < -0.39 is 0 Å². The molecular formula is C19H24ClN3OS. The molecule has 2 aromatic rings. The van der Waals surface area contributed by atoms with Crippen molar-refractivity contribution in [1.82, 2.24) is 10.3 Å². The molecule has 134 valence electrons. The van der Waals surface area contributed by atoms with Gasteiger partial charge in [0, 0.05) is 17.3 Å². The molecule has 1 fully saturated rings. The van der Waals surface area contributed by atoms with Gasteiger partial charge in [-0.05, 0) is 50.1 Å². The van der Waals surface area contributed by atoms with Gasteiger partial charge in [0.2, 0.25) is 5.91 Å². The minimum Gasteiger partial charge on any atom is -0.313 e. The summed E-state index contributed by atoms with van der Waals surface area (Å²) in [4.78, 5) is 18.2. The summed E-state index contributed by atoms with van der Waals surface area (Å²) in [6.07, 6.45) is 6.00. The highest BCUT2D eigenvalue weighted by molar-refractivity contribution is 7.15. The van der Waals surface area contributed by atoms with Gasteiger partial charge < -0.3 is 10.6 Å². The summed E-state index contributed by atoms with van der Waals surface area (Å²) in [5.74, 6) is 0.658. The molecule has 25 heavy (non-hydrogen) atoms. The first-order valence-electron chi connectivity index (χ1n) is 8.84. The zero-order valence-corrected chi connectivity index (χ0v) is 15.8. The summed E-state index contributed by atoms with van der Waals surface area (Å²) >= 11 is 1.66. The number of rotatable bonds is 4. The maximum absolute atomic E-state index is 12.2. The van der Waals surface area contributed by atoms with Crippen LogP contribution in [0.4, 0.5) is 5.13 Å². The molecule has 0 saturated carbocycles. The lowest BCUT2D eigenvalue weighted by molar-refractivity contribution is -0.116. The fraction of sp³-hybridized carbons (Fsp3) is 0.474. The standard InChI is InChI=1S/C19H23N3OS.ClH/c23-18(12-15-7-4-10-20-15)22-19-21-16-9-8-14(11-17(16)24-19)13-5-2-1-3-6-13;/h1-3,5-6,14-15,20H,4,7-12H2,(H,21,22,23);1H. The number of aromatic nitrogens is 1. The molecule has 1 aliphatic heterocycles. The molecule has 2 heterocycles. The van der Waals surface area contributed by atoms with Gasteiger partial charge >= 0.3 is 0 Å². The molecule has 2 unspecified atom stereocenters. The van der Waals surface area contributed by atoms with Crippen LogP contribution in [-0.4, -0.2) is 23.5 Å². The Balaban J connectivity index is 0.00000182. The van der Waals surface area contributed by atoms with Crippen LogP contribution < -0.4 is 10.6 Å². The van der Waals surface area contributed by atoms with E-state index in [1.165, 1.54) is 22.6 Å². The van der Waals surface area contributed by atoms with Gasteiger partial charge in [0.05, 0.1) is 5.69 Å². The van der Waals surface area contributed by atoms with Crippen molar-refractivity contribution < 1.29 is 4.79 Å². The van der Waals surface area contributed by atoms with Crippen LogP contribution >= 0.6 is 23.7 Å². The Morgan fingerprint density at radius 2 is 2.12 bits per heavy atom. The first-order valence-corrected chi connectivity index (χ1v) is 9.66. The normalized spacial score (nSPS) is 22.1. The van der Waals surface area contributed by atoms with Gasteiger partial charge in [-0.3, -0.25) is 4.79 Å². The lowest BCUT2D eigenvalue weighted by Gasteiger charge is -2.21. The van der Waals surface area contributed by atoms with E-state index in [-0.39, 0.29) is 18.3 Å². The molecule has 2 atom stereocenters. The summed E-state index contributed by atoms with van der Waals surface area (Å²) < 4.78 is 0. The van der Waals surface area contributed by atoms with Gasteiger partial charge in [-0.2, -0.15) is 0 Å². The molecule has 4 rings (SSSR count). The van der Waals surface area contributed by atoms with E-state index in [4.69, 9.17) is 0 Å². The number of hydrogen-bond acceptors (Lipinski definition) is 4. The topological polar surface area (TPSA) is 54.0 Å². The Labute approximate surface area is 158 Å². The number of hydrogen-bond donors (Lipinski definition) is 2. The zero-order chi connectivity index (χ0) is 16.4. The van der Waals surface area contributed by atoms with Crippen LogP contribution in [0.25, 0.3) is 0 Å². The van der Waals surface area contributed by atoms with E-state index in [1.807, 2.05) is 0 Å². The van der Waals surface area contributed by atoms with Crippen LogP contribution in [0, 0.1) is 0 Å². The predicted octanol–water partition coefficient (Wildman–Crippen LogP) is 3.92. The van der Waals surface area contributed by atoms with Crippen LogP contribution in [0.5, 0.6) is 0 Å². The number of aryl methyl sites for hydroxylation is 1. The molecule has 1 aromatic heterocycles. The van der Waals surface area contributed by atoms with Crippen LogP contribution in [0.1, 0.15) is 47.7 Å². The van der Waals surface area contributed by atoms with Crippen molar-refractivity contribution in [3.63, 3.8) is 0 Å². The molecule has 0 bridgehead atoms. The Morgan fingerprint density at radius 1 is 1.28 bits per heavy atom. The average Bonchev–Trinajstić information content (AvgIpc) is 3.23. The molecule has 2 N–H and O–H groups in total. The van der Waals surface area contributed by atoms with Gasteiger partial charge in [0.15, 0.2) is 5.13 Å². The number of carbonyl (C=O) groups excluding carboxylic acids is 1. The highest BCUT2D eigenvalue weighted by Crippen LogP contribution is 2.36. The summed E-state index contributed by atoms with van der Waals surface area (Å²) in [5, 5.41) is 7.15. The second-order valence-corrected chi connectivity index (χ2v) is 7.87. The van der Waals surface area contributed by atoms with Crippen molar-refractivity contribution in [3.8, 4) is 0 Å². The van der Waals surface area contributed by atoms with E-state index in [1.54, 1.807) is 11.3 Å². The number of nitrogens with zero attached hydrogens (tertiary/aromatic N) is 1. The van der Waals surface area contributed by atoms with E-state index in [9.17, 15) is 4.79 Å². The third-order valence-corrected chi connectivity index (χ3v) is 6.09. The van der Waals surface area contributed by atoms with E-state index in [0.717, 1.165) is 37.4 Å². The number of amides is 1. The van der Waals surface area contributed by atoms with Crippen molar-refractivity contribution in [1.29, 1.82) is 0 Å². The van der Waals surface area contributed by atoms with Crippen molar-refractivity contribution in [2.24, 2.45) is 0 Å². The average molecular weight is 378 g/mol. The maximum atomic E-state index is 12.2. The summed E-state index contributed by atoms with van der Waals surface area (Å²) in [6, 6.07) is 11.1. The second kappa shape index (κ2) is 8.30. The molecule has 6 heteroatoms. The third kappa shape index (κ3) is 4.40. The highest BCUT2D eigenvalue weighted by Gasteiger charge is 2.24. The molecule has 1 aliphatic carbocycles. The number of carbonyl (C=O) groups is 1. The number of fused-ring (bicyclic) bond motifs is 1. The quantitative estimate of drug-likeness (QED) is 0.849. The number of thiazole rings is 1. The summed E-state index contributed by atoms with van der Waals surface area (Å²) in [6.45, 7) is 1.03.